The lowest BCUT2D eigenvalue weighted by Gasteiger charge is -2.35. The van der Waals surface area contributed by atoms with Gasteiger partial charge in [-0.2, -0.15) is 0 Å². The molecule has 1 aromatic rings. The molecule has 0 amide bonds. The minimum Gasteiger partial charge on any atom is -0.381 e. The summed E-state index contributed by atoms with van der Waals surface area (Å²) in [6.45, 7) is 0. The Kier molecular flexibility index (Phi) is 3.77. The Morgan fingerprint density at radius 1 is 1.22 bits per heavy atom. The van der Waals surface area contributed by atoms with E-state index in [9.17, 15) is 8.42 Å². The van der Waals surface area contributed by atoms with Gasteiger partial charge in [-0.25, -0.2) is 8.42 Å². The first-order valence-corrected chi connectivity index (χ1v) is 7.73. The van der Waals surface area contributed by atoms with Crippen LogP contribution in [-0.4, -0.2) is 33.9 Å². The second-order valence-electron chi connectivity index (χ2n) is 4.59. The van der Waals surface area contributed by atoms with Crippen molar-refractivity contribution in [3.8, 4) is 0 Å². The summed E-state index contributed by atoms with van der Waals surface area (Å²) in [5.74, 6) is 0. The molecule has 0 radical (unpaired) electrons. The largest absolute Gasteiger partial charge is 0.381 e. The summed E-state index contributed by atoms with van der Waals surface area (Å²) in [7, 11) is -1.55. The van der Waals surface area contributed by atoms with Gasteiger partial charge in [0.2, 0.25) is 10.0 Å². The molecule has 0 bridgehead atoms. The Labute approximate surface area is 108 Å². The molecular formula is C12H18N2O3S. The highest BCUT2D eigenvalue weighted by Gasteiger charge is 2.29. The molecule has 0 aliphatic heterocycles. The van der Waals surface area contributed by atoms with Crippen LogP contribution in [0.15, 0.2) is 24.3 Å². The molecule has 100 valence electrons. The van der Waals surface area contributed by atoms with Crippen molar-refractivity contribution >= 4 is 21.4 Å². The maximum Gasteiger partial charge on any atom is 0.229 e. The van der Waals surface area contributed by atoms with Crippen molar-refractivity contribution in [2.24, 2.45) is 0 Å². The minimum absolute atomic E-state index is 0.317. The van der Waals surface area contributed by atoms with Crippen LogP contribution in [0, 0.1) is 0 Å². The fourth-order valence-corrected chi connectivity index (χ4v) is 2.57. The number of benzene rings is 1. The van der Waals surface area contributed by atoms with Gasteiger partial charge in [0.05, 0.1) is 23.7 Å². The zero-order chi connectivity index (χ0) is 13.2. The van der Waals surface area contributed by atoms with Crippen LogP contribution in [0.5, 0.6) is 0 Å². The number of nitrogens with one attached hydrogen (secondary N) is 2. The van der Waals surface area contributed by atoms with Crippen LogP contribution in [0.4, 0.5) is 11.4 Å². The monoisotopic (exact) mass is 270 g/mol. The van der Waals surface area contributed by atoms with Crippen molar-refractivity contribution in [1.29, 1.82) is 0 Å². The van der Waals surface area contributed by atoms with E-state index < -0.39 is 10.0 Å². The van der Waals surface area contributed by atoms with Crippen LogP contribution < -0.4 is 10.0 Å². The summed E-state index contributed by atoms with van der Waals surface area (Å²) in [5, 5.41) is 3.33. The van der Waals surface area contributed by atoms with Gasteiger partial charge in [0.25, 0.3) is 0 Å². The molecule has 1 aromatic carbocycles. The fourth-order valence-electron chi connectivity index (χ4n) is 1.99. The Balaban J connectivity index is 2.04. The van der Waals surface area contributed by atoms with Crippen LogP contribution >= 0.6 is 0 Å². The van der Waals surface area contributed by atoms with Gasteiger partial charge in [0, 0.05) is 13.2 Å². The third-order valence-corrected chi connectivity index (χ3v) is 3.60. The minimum atomic E-state index is -3.25. The van der Waals surface area contributed by atoms with Gasteiger partial charge in [0.15, 0.2) is 0 Å². The molecule has 2 N–H and O–H groups in total. The highest BCUT2D eigenvalue weighted by atomic mass is 32.2. The molecular weight excluding hydrogens is 252 g/mol. The van der Waals surface area contributed by atoms with Crippen LogP contribution in [0.3, 0.4) is 0 Å². The molecule has 0 atom stereocenters. The SMILES string of the molecule is COC1CC(Nc2ccccc2NS(C)(=O)=O)C1. The number of rotatable bonds is 5. The van der Waals surface area contributed by atoms with E-state index in [1.54, 1.807) is 19.2 Å². The van der Waals surface area contributed by atoms with E-state index in [0.717, 1.165) is 24.8 Å². The highest BCUT2D eigenvalue weighted by Crippen LogP contribution is 2.30. The van der Waals surface area contributed by atoms with Crippen molar-refractivity contribution in [2.75, 3.05) is 23.4 Å². The fraction of sp³-hybridized carbons (Fsp3) is 0.500. The number of methoxy groups -OCH3 is 1. The molecule has 0 spiro atoms. The maximum absolute atomic E-state index is 11.3. The molecule has 1 saturated carbocycles. The Bertz CT molecular complexity index is 510. The molecule has 1 fully saturated rings. The van der Waals surface area contributed by atoms with E-state index in [1.165, 1.54) is 0 Å². The highest BCUT2D eigenvalue weighted by molar-refractivity contribution is 7.92. The Hall–Kier alpha value is -1.27. The molecule has 6 heteroatoms. The van der Waals surface area contributed by atoms with E-state index in [0.29, 0.717) is 17.8 Å². The lowest BCUT2D eigenvalue weighted by molar-refractivity contribution is 0.0329. The number of anilines is 2. The first kappa shape index (κ1) is 13.2. The first-order valence-electron chi connectivity index (χ1n) is 5.84. The summed E-state index contributed by atoms with van der Waals surface area (Å²) in [5.41, 5.74) is 1.39. The summed E-state index contributed by atoms with van der Waals surface area (Å²) in [6, 6.07) is 7.64. The van der Waals surface area contributed by atoms with E-state index >= 15 is 0 Å². The van der Waals surface area contributed by atoms with E-state index in [-0.39, 0.29) is 0 Å². The number of hydrogen-bond donors (Lipinski definition) is 2. The molecule has 0 heterocycles. The Morgan fingerprint density at radius 2 is 1.83 bits per heavy atom. The smallest absolute Gasteiger partial charge is 0.229 e. The zero-order valence-electron chi connectivity index (χ0n) is 10.5. The number of ether oxygens (including phenoxy) is 1. The summed E-state index contributed by atoms with van der Waals surface area (Å²) in [6.07, 6.45) is 3.36. The molecule has 1 aliphatic carbocycles. The molecule has 0 saturated heterocycles. The third-order valence-electron chi connectivity index (χ3n) is 3.01. The van der Waals surface area contributed by atoms with Crippen LogP contribution in [-0.2, 0) is 14.8 Å². The second kappa shape index (κ2) is 5.16. The van der Waals surface area contributed by atoms with Gasteiger partial charge < -0.3 is 10.1 Å². The summed E-state index contributed by atoms with van der Waals surface area (Å²) < 4.78 is 30.2. The quantitative estimate of drug-likeness (QED) is 0.853. The third kappa shape index (κ3) is 3.36. The predicted molar refractivity (Wildman–Crippen MR) is 72.4 cm³/mol. The normalized spacial score (nSPS) is 23.2. The molecule has 18 heavy (non-hydrogen) atoms. The molecule has 2 rings (SSSR count). The molecule has 0 unspecified atom stereocenters. The average Bonchev–Trinajstić information content (AvgIpc) is 2.22. The van der Waals surface area contributed by atoms with Crippen LogP contribution in [0.2, 0.25) is 0 Å². The molecule has 5 nitrogen and oxygen atoms in total. The van der Waals surface area contributed by atoms with Gasteiger partial charge in [-0.1, -0.05) is 12.1 Å². The summed E-state index contributed by atoms with van der Waals surface area (Å²) in [4.78, 5) is 0. The van der Waals surface area contributed by atoms with Gasteiger partial charge >= 0.3 is 0 Å². The van der Waals surface area contributed by atoms with Gasteiger partial charge in [-0.15, -0.1) is 0 Å². The van der Waals surface area contributed by atoms with Crippen molar-refractivity contribution in [3.05, 3.63) is 24.3 Å². The second-order valence-corrected chi connectivity index (χ2v) is 6.34. The summed E-state index contributed by atoms with van der Waals surface area (Å²) >= 11 is 0. The molecule has 1 aliphatic rings. The standard InChI is InChI=1S/C12H18N2O3S/c1-17-10-7-9(8-10)13-11-5-3-4-6-12(11)14-18(2,15)16/h3-6,9-10,13-14H,7-8H2,1-2H3. The number of sulfonamides is 1. The van der Waals surface area contributed by atoms with Crippen molar-refractivity contribution < 1.29 is 13.2 Å². The maximum atomic E-state index is 11.3. The van der Waals surface area contributed by atoms with Crippen LogP contribution in [0.1, 0.15) is 12.8 Å². The average molecular weight is 270 g/mol. The van der Waals surface area contributed by atoms with E-state index in [1.807, 2.05) is 12.1 Å². The number of para-hydroxylation sites is 2. The van der Waals surface area contributed by atoms with Gasteiger partial charge in [0.1, 0.15) is 0 Å². The first-order chi connectivity index (χ1) is 8.48. The predicted octanol–water partition coefficient (Wildman–Crippen LogP) is 1.65. The topological polar surface area (TPSA) is 67.4 Å². The van der Waals surface area contributed by atoms with Gasteiger partial charge in [-0.05, 0) is 25.0 Å². The Morgan fingerprint density at radius 3 is 2.39 bits per heavy atom. The van der Waals surface area contributed by atoms with Crippen LogP contribution in [0.25, 0.3) is 0 Å². The van der Waals surface area contributed by atoms with Crippen molar-refractivity contribution in [2.45, 2.75) is 25.0 Å². The lowest BCUT2D eigenvalue weighted by Crippen LogP contribution is -2.40. The van der Waals surface area contributed by atoms with Crippen molar-refractivity contribution in [3.63, 3.8) is 0 Å². The van der Waals surface area contributed by atoms with Crippen molar-refractivity contribution in [1.82, 2.24) is 0 Å². The van der Waals surface area contributed by atoms with E-state index in [4.69, 9.17) is 4.74 Å². The van der Waals surface area contributed by atoms with E-state index in [2.05, 4.69) is 10.0 Å². The number of hydrogen-bond acceptors (Lipinski definition) is 4. The zero-order valence-corrected chi connectivity index (χ0v) is 11.3. The van der Waals surface area contributed by atoms with Gasteiger partial charge in [-0.3, -0.25) is 4.72 Å². The lowest BCUT2D eigenvalue weighted by atomic mass is 9.89. The molecule has 0 aromatic heterocycles.